The summed E-state index contributed by atoms with van der Waals surface area (Å²) in [4.78, 5) is 23.7. The third-order valence-corrected chi connectivity index (χ3v) is 4.17. The summed E-state index contributed by atoms with van der Waals surface area (Å²) < 4.78 is 5.64. The molecule has 2 N–H and O–H groups in total. The molecule has 0 aliphatic heterocycles. The molecule has 1 aromatic heterocycles. The van der Waals surface area contributed by atoms with Gasteiger partial charge in [0.15, 0.2) is 0 Å². The number of carbonyl (C=O) groups excluding carboxylic acids is 1. The molecule has 0 spiro atoms. The monoisotopic (exact) mass is 401 g/mol. The van der Waals surface area contributed by atoms with Gasteiger partial charge in [0.1, 0.15) is 17.2 Å². The highest BCUT2D eigenvalue weighted by Gasteiger charge is 2.15. The molecule has 2 aromatic carbocycles. The highest BCUT2D eigenvalue weighted by molar-refractivity contribution is 6.36. The number of benzene rings is 2. The Kier molecular flexibility index (Phi) is 5.64. The van der Waals surface area contributed by atoms with Crippen LogP contribution in [0.2, 0.25) is 10.0 Å². The van der Waals surface area contributed by atoms with Gasteiger partial charge in [-0.05, 0) is 42.5 Å². The molecule has 0 fully saturated rings. The number of nitrogens with one attached hydrogen (secondary N) is 1. The maximum atomic E-state index is 12.2. The molecule has 1 heterocycles. The largest absolute Gasteiger partial charge is 0.477 e. The van der Waals surface area contributed by atoms with Crippen LogP contribution in [-0.2, 0) is 4.79 Å². The number of rotatable bonds is 5. The van der Waals surface area contributed by atoms with Crippen LogP contribution in [0.4, 0.5) is 0 Å². The van der Waals surface area contributed by atoms with Crippen molar-refractivity contribution in [2.75, 3.05) is 0 Å². The Balaban J connectivity index is 1.86. The minimum atomic E-state index is -1.29. The lowest BCUT2D eigenvalue weighted by molar-refractivity contribution is -0.132. The molecule has 0 saturated heterocycles. The second kappa shape index (κ2) is 8.12. The number of hydrogen-bond acceptors (Lipinski definition) is 3. The molecule has 3 aromatic rings. The molecule has 0 atom stereocenters. The topological polar surface area (TPSA) is 79.5 Å². The van der Waals surface area contributed by atoms with E-state index < -0.39 is 11.9 Å². The fraction of sp³-hybridized carbons (Fsp3) is 0. The standard InChI is InChI=1S/C20H13Cl2NO4/c21-13-6-8-15(16(22)10-13)18-9-7-14(27-18)11-17(20(25)26)23-19(24)12-4-2-1-3-5-12/h1-11H,(H,23,24)(H,25,26). The average molecular weight is 402 g/mol. The molecule has 0 radical (unpaired) electrons. The van der Waals surface area contributed by atoms with Gasteiger partial charge in [-0.2, -0.15) is 0 Å². The summed E-state index contributed by atoms with van der Waals surface area (Å²) >= 11 is 12.0. The first-order valence-corrected chi connectivity index (χ1v) is 8.56. The van der Waals surface area contributed by atoms with Crippen LogP contribution in [-0.4, -0.2) is 17.0 Å². The summed E-state index contributed by atoms with van der Waals surface area (Å²) in [5.41, 5.74) is 0.649. The number of furan rings is 1. The van der Waals surface area contributed by atoms with Crippen molar-refractivity contribution in [3.05, 3.63) is 87.7 Å². The third kappa shape index (κ3) is 4.58. The van der Waals surface area contributed by atoms with Crippen LogP contribution in [0.5, 0.6) is 0 Å². The lowest BCUT2D eigenvalue weighted by atomic mass is 10.2. The average Bonchev–Trinajstić information content (AvgIpc) is 3.10. The van der Waals surface area contributed by atoms with Gasteiger partial charge >= 0.3 is 5.97 Å². The molecule has 136 valence electrons. The Morgan fingerprint density at radius 3 is 2.41 bits per heavy atom. The van der Waals surface area contributed by atoms with E-state index in [9.17, 15) is 14.7 Å². The normalized spacial score (nSPS) is 11.3. The number of hydrogen-bond donors (Lipinski definition) is 2. The fourth-order valence-corrected chi connectivity index (χ4v) is 2.84. The second-order valence-corrected chi connectivity index (χ2v) is 6.35. The van der Waals surface area contributed by atoms with E-state index in [2.05, 4.69) is 5.32 Å². The van der Waals surface area contributed by atoms with Crippen LogP contribution in [0.25, 0.3) is 17.4 Å². The zero-order valence-electron chi connectivity index (χ0n) is 13.8. The van der Waals surface area contributed by atoms with Crippen molar-refractivity contribution in [2.45, 2.75) is 0 Å². The fourth-order valence-electron chi connectivity index (χ4n) is 2.34. The van der Waals surface area contributed by atoms with Gasteiger partial charge in [0.05, 0.1) is 5.02 Å². The lowest BCUT2D eigenvalue weighted by Crippen LogP contribution is -2.27. The van der Waals surface area contributed by atoms with Gasteiger partial charge in [-0.3, -0.25) is 4.79 Å². The molecule has 3 rings (SSSR count). The van der Waals surface area contributed by atoms with E-state index >= 15 is 0 Å². The molecule has 0 saturated carbocycles. The Morgan fingerprint density at radius 2 is 1.74 bits per heavy atom. The smallest absolute Gasteiger partial charge is 0.352 e. The molecule has 0 unspecified atom stereocenters. The number of carboxylic acids is 1. The number of carbonyl (C=O) groups is 2. The quantitative estimate of drug-likeness (QED) is 0.582. The van der Waals surface area contributed by atoms with Crippen molar-refractivity contribution in [1.82, 2.24) is 5.32 Å². The SMILES string of the molecule is O=C(O)C(=Cc1ccc(-c2ccc(Cl)cc2Cl)o1)NC(=O)c1ccccc1. The lowest BCUT2D eigenvalue weighted by Gasteiger charge is -2.05. The van der Waals surface area contributed by atoms with Gasteiger partial charge in [-0.1, -0.05) is 41.4 Å². The van der Waals surface area contributed by atoms with Gasteiger partial charge in [-0.25, -0.2) is 4.79 Å². The maximum Gasteiger partial charge on any atom is 0.352 e. The van der Waals surface area contributed by atoms with Crippen molar-refractivity contribution >= 4 is 41.2 Å². The Hall–Kier alpha value is -3.02. The van der Waals surface area contributed by atoms with Gasteiger partial charge in [0, 0.05) is 22.2 Å². The van der Waals surface area contributed by atoms with Crippen LogP contribution >= 0.6 is 23.2 Å². The minimum Gasteiger partial charge on any atom is -0.477 e. The van der Waals surface area contributed by atoms with Crippen LogP contribution in [0.15, 0.2) is 70.8 Å². The number of carboxylic acid groups (broad SMARTS) is 1. The molecule has 5 nitrogen and oxygen atoms in total. The van der Waals surface area contributed by atoms with E-state index in [0.717, 1.165) is 0 Å². The van der Waals surface area contributed by atoms with Crippen LogP contribution in [0, 0.1) is 0 Å². The Bertz CT molecular complexity index is 1030. The first-order valence-electron chi connectivity index (χ1n) is 7.80. The van der Waals surface area contributed by atoms with Crippen LogP contribution < -0.4 is 5.32 Å². The Labute approximate surface area is 164 Å². The number of aliphatic carboxylic acids is 1. The summed E-state index contributed by atoms with van der Waals surface area (Å²) in [7, 11) is 0. The van der Waals surface area contributed by atoms with Crippen molar-refractivity contribution < 1.29 is 19.1 Å². The maximum absolute atomic E-state index is 12.2. The summed E-state index contributed by atoms with van der Waals surface area (Å²) in [6.07, 6.45) is 1.23. The van der Waals surface area contributed by atoms with E-state index in [1.54, 1.807) is 60.7 Å². The highest BCUT2D eigenvalue weighted by Crippen LogP contribution is 2.31. The van der Waals surface area contributed by atoms with E-state index in [1.165, 1.54) is 6.08 Å². The molecule has 1 amide bonds. The molecular weight excluding hydrogens is 389 g/mol. The zero-order chi connectivity index (χ0) is 19.4. The first kappa shape index (κ1) is 18.8. The van der Waals surface area contributed by atoms with Gasteiger partial charge < -0.3 is 14.8 Å². The molecule has 7 heteroatoms. The highest BCUT2D eigenvalue weighted by atomic mass is 35.5. The van der Waals surface area contributed by atoms with Crippen LogP contribution in [0.1, 0.15) is 16.1 Å². The summed E-state index contributed by atoms with van der Waals surface area (Å²) in [5.74, 6) is -1.12. The molecule has 27 heavy (non-hydrogen) atoms. The van der Waals surface area contributed by atoms with E-state index in [0.29, 0.717) is 26.9 Å². The van der Waals surface area contributed by atoms with Crippen molar-refractivity contribution in [3.8, 4) is 11.3 Å². The van der Waals surface area contributed by atoms with Crippen molar-refractivity contribution in [3.63, 3.8) is 0 Å². The summed E-state index contributed by atoms with van der Waals surface area (Å²) in [5, 5.41) is 12.6. The molecule has 0 aliphatic carbocycles. The summed E-state index contributed by atoms with van der Waals surface area (Å²) in [6, 6.07) is 16.5. The second-order valence-electron chi connectivity index (χ2n) is 5.51. The van der Waals surface area contributed by atoms with Gasteiger partial charge in [0.2, 0.25) is 0 Å². The molecule has 0 aliphatic rings. The number of halogens is 2. The molecule has 0 bridgehead atoms. The van der Waals surface area contributed by atoms with Gasteiger partial charge in [0.25, 0.3) is 5.91 Å². The first-order chi connectivity index (χ1) is 12.9. The molecular formula is C20H13Cl2NO4. The summed E-state index contributed by atoms with van der Waals surface area (Å²) in [6.45, 7) is 0. The van der Waals surface area contributed by atoms with Crippen molar-refractivity contribution in [2.24, 2.45) is 0 Å². The van der Waals surface area contributed by atoms with E-state index in [4.69, 9.17) is 27.6 Å². The zero-order valence-corrected chi connectivity index (χ0v) is 15.3. The van der Waals surface area contributed by atoms with Crippen molar-refractivity contribution in [1.29, 1.82) is 0 Å². The predicted octanol–water partition coefficient (Wildman–Crippen LogP) is 5.11. The predicted molar refractivity (Wildman–Crippen MR) is 104 cm³/mol. The van der Waals surface area contributed by atoms with E-state index in [1.807, 2.05) is 0 Å². The third-order valence-electron chi connectivity index (χ3n) is 3.62. The minimum absolute atomic E-state index is 0.252. The Morgan fingerprint density at radius 1 is 1.00 bits per heavy atom. The van der Waals surface area contributed by atoms with E-state index in [-0.39, 0.29) is 11.5 Å². The van der Waals surface area contributed by atoms with Crippen LogP contribution in [0.3, 0.4) is 0 Å². The number of amides is 1. The van der Waals surface area contributed by atoms with Gasteiger partial charge in [-0.15, -0.1) is 0 Å².